The smallest absolute Gasteiger partial charge is 0.238 e. The number of sulfonamides is 1. The molecule has 0 amide bonds. The van der Waals surface area contributed by atoms with Crippen LogP contribution in [0.15, 0.2) is 34.2 Å². The number of nitrogens with zero attached hydrogens (tertiary/aromatic N) is 1. The number of rotatable bonds is 9. The van der Waals surface area contributed by atoms with Crippen molar-refractivity contribution >= 4 is 16.0 Å². The molecular formula is C15H26N4O2S. The van der Waals surface area contributed by atoms with Gasteiger partial charge in [0.2, 0.25) is 10.0 Å². The van der Waals surface area contributed by atoms with E-state index in [1.54, 1.807) is 12.1 Å². The van der Waals surface area contributed by atoms with Gasteiger partial charge in [0, 0.05) is 13.1 Å². The molecule has 6 nitrogen and oxygen atoms in total. The maximum atomic E-state index is 11.1. The van der Waals surface area contributed by atoms with Crippen LogP contribution in [0.1, 0.15) is 38.2 Å². The average Bonchev–Trinajstić information content (AvgIpc) is 2.46. The van der Waals surface area contributed by atoms with Crippen molar-refractivity contribution in [1.29, 1.82) is 0 Å². The van der Waals surface area contributed by atoms with Gasteiger partial charge in [-0.25, -0.2) is 13.6 Å². The molecule has 0 heterocycles. The summed E-state index contributed by atoms with van der Waals surface area (Å²) in [6, 6.07) is 6.52. The molecule has 0 bridgehead atoms. The Bertz CT molecular complexity index is 568. The number of primary sulfonamides is 1. The van der Waals surface area contributed by atoms with Gasteiger partial charge in [-0.05, 0) is 30.5 Å². The third-order valence-corrected chi connectivity index (χ3v) is 4.19. The quantitative estimate of drug-likeness (QED) is 0.361. The van der Waals surface area contributed by atoms with E-state index in [1.165, 1.54) is 31.4 Å². The van der Waals surface area contributed by atoms with E-state index < -0.39 is 10.0 Å². The van der Waals surface area contributed by atoms with Crippen LogP contribution in [-0.2, 0) is 16.4 Å². The molecule has 0 saturated heterocycles. The summed E-state index contributed by atoms with van der Waals surface area (Å²) < 4.78 is 22.3. The van der Waals surface area contributed by atoms with Crippen LogP contribution >= 0.6 is 0 Å². The van der Waals surface area contributed by atoms with Crippen molar-refractivity contribution < 1.29 is 8.42 Å². The molecule has 0 atom stereocenters. The first-order valence-electron chi connectivity index (χ1n) is 7.59. The molecule has 0 spiro atoms. The summed E-state index contributed by atoms with van der Waals surface area (Å²) in [5, 5.41) is 8.10. The first-order valence-corrected chi connectivity index (χ1v) is 9.13. The van der Waals surface area contributed by atoms with Gasteiger partial charge in [0.25, 0.3) is 0 Å². The van der Waals surface area contributed by atoms with E-state index >= 15 is 0 Å². The molecule has 0 unspecified atom stereocenters. The van der Waals surface area contributed by atoms with Crippen LogP contribution in [0, 0.1) is 0 Å². The lowest BCUT2D eigenvalue weighted by Crippen LogP contribution is -2.33. The molecule has 0 aliphatic rings. The number of unbranched alkanes of at least 4 members (excludes halogenated alkanes) is 3. The van der Waals surface area contributed by atoms with E-state index in [9.17, 15) is 8.42 Å². The van der Waals surface area contributed by atoms with Crippen LogP contribution in [0.2, 0.25) is 0 Å². The molecule has 7 heteroatoms. The minimum Gasteiger partial charge on any atom is -0.370 e. The Morgan fingerprint density at radius 3 is 2.45 bits per heavy atom. The second-order valence-corrected chi connectivity index (χ2v) is 6.75. The highest BCUT2D eigenvalue weighted by Gasteiger charge is 2.06. The number of guanidine groups is 1. The zero-order chi connectivity index (χ0) is 16.4. The fourth-order valence-corrected chi connectivity index (χ4v) is 2.49. The second-order valence-electron chi connectivity index (χ2n) is 5.19. The van der Waals surface area contributed by atoms with Gasteiger partial charge in [0.15, 0.2) is 5.96 Å². The van der Waals surface area contributed by atoms with Crippen LogP contribution in [0.4, 0.5) is 0 Å². The molecule has 0 aromatic heterocycles. The molecule has 1 aromatic rings. The van der Waals surface area contributed by atoms with Crippen LogP contribution < -0.4 is 16.2 Å². The Morgan fingerprint density at radius 2 is 1.86 bits per heavy atom. The SMILES string of the molecule is CCCCCCN=C(N)NCCc1ccc(S(N)(=O)=O)cc1. The first-order chi connectivity index (χ1) is 10.4. The summed E-state index contributed by atoms with van der Waals surface area (Å²) in [6.45, 7) is 3.58. The van der Waals surface area contributed by atoms with E-state index in [0.29, 0.717) is 12.5 Å². The van der Waals surface area contributed by atoms with E-state index in [0.717, 1.165) is 24.9 Å². The van der Waals surface area contributed by atoms with E-state index in [2.05, 4.69) is 17.2 Å². The van der Waals surface area contributed by atoms with E-state index in [4.69, 9.17) is 10.9 Å². The molecule has 124 valence electrons. The van der Waals surface area contributed by atoms with Crippen molar-refractivity contribution in [1.82, 2.24) is 5.32 Å². The summed E-state index contributed by atoms with van der Waals surface area (Å²) >= 11 is 0. The fraction of sp³-hybridized carbons (Fsp3) is 0.533. The molecular weight excluding hydrogens is 300 g/mol. The predicted molar refractivity (Wildman–Crippen MR) is 90.2 cm³/mol. The van der Waals surface area contributed by atoms with Gasteiger partial charge in [-0.1, -0.05) is 38.3 Å². The van der Waals surface area contributed by atoms with Crippen molar-refractivity contribution in [2.75, 3.05) is 13.1 Å². The maximum Gasteiger partial charge on any atom is 0.238 e. The van der Waals surface area contributed by atoms with Crippen molar-refractivity contribution in [2.45, 2.75) is 43.9 Å². The Morgan fingerprint density at radius 1 is 1.18 bits per heavy atom. The molecule has 0 aliphatic carbocycles. The van der Waals surface area contributed by atoms with Gasteiger partial charge in [-0.2, -0.15) is 0 Å². The van der Waals surface area contributed by atoms with Crippen molar-refractivity contribution in [3.63, 3.8) is 0 Å². The van der Waals surface area contributed by atoms with Crippen LogP contribution in [0.25, 0.3) is 0 Å². The highest BCUT2D eigenvalue weighted by Crippen LogP contribution is 2.08. The number of hydrogen-bond donors (Lipinski definition) is 3. The van der Waals surface area contributed by atoms with Gasteiger partial charge in [0.1, 0.15) is 0 Å². The highest BCUT2D eigenvalue weighted by atomic mass is 32.2. The number of nitrogens with two attached hydrogens (primary N) is 2. The largest absolute Gasteiger partial charge is 0.370 e. The minimum absolute atomic E-state index is 0.123. The first kappa shape index (κ1) is 18.4. The lowest BCUT2D eigenvalue weighted by Gasteiger charge is -2.06. The molecule has 0 fully saturated rings. The van der Waals surface area contributed by atoms with Gasteiger partial charge >= 0.3 is 0 Å². The molecule has 1 aromatic carbocycles. The number of aliphatic imine (C=N–C) groups is 1. The van der Waals surface area contributed by atoms with Gasteiger partial charge in [-0.15, -0.1) is 0 Å². The number of nitrogens with one attached hydrogen (secondary N) is 1. The molecule has 1 rings (SSSR count). The lowest BCUT2D eigenvalue weighted by atomic mass is 10.1. The number of hydrogen-bond acceptors (Lipinski definition) is 3. The molecule has 0 saturated carbocycles. The standard InChI is InChI=1S/C15H26N4O2S/c1-2-3-4-5-11-18-15(16)19-12-10-13-6-8-14(9-7-13)22(17,20)21/h6-9H,2-5,10-12H2,1H3,(H3,16,18,19)(H2,17,20,21). The van der Waals surface area contributed by atoms with E-state index in [-0.39, 0.29) is 4.90 Å². The van der Waals surface area contributed by atoms with Crippen molar-refractivity contribution in [3.05, 3.63) is 29.8 Å². The Hall–Kier alpha value is -1.60. The highest BCUT2D eigenvalue weighted by molar-refractivity contribution is 7.89. The van der Waals surface area contributed by atoms with E-state index in [1.807, 2.05) is 0 Å². The molecule has 5 N–H and O–H groups in total. The zero-order valence-corrected chi connectivity index (χ0v) is 13.9. The second kappa shape index (κ2) is 9.42. The van der Waals surface area contributed by atoms with Gasteiger partial charge < -0.3 is 11.1 Å². The summed E-state index contributed by atoms with van der Waals surface area (Å²) in [5.74, 6) is 0.456. The monoisotopic (exact) mass is 326 g/mol. The average molecular weight is 326 g/mol. The van der Waals surface area contributed by atoms with Crippen LogP contribution in [0.5, 0.6) is 0 Å². The topological polar surface area (TPSA) is 111 Å². The Balaban J connectivity index is 2.30. The molecule has 22 heavy (non-hydrogen) atoms. The predicted octanol–water partition coefficient (Wildman–Crippen LogP) is 1.36. The summed E-state index contributed by atoms with van der Waals surface area (Å²) in [7, 11) is -3.63. The molecule has 0 aliphatic heterocycles. The molecule has 0 radical (unpaired) electrons. The minimum atomic E-state index is -3.63. The normalized spacial score (nSPS) is 12.4. The summed E-state index contributed by atoms with van der Waals surface area (Å²) in [6.07, 6.45) is 5.42. The summed E-state index contributed by atoms with van der Waals surface area (Å²) in [5.41, 5.74) is 6.79. The van der Waals surface area contributed by atoms with Crippen molar-refractivity contribution in [3.8, 4) is 0 Å². The van der Waals surface area contributed by atoms with Crippen LogP contribution in [-0.4, -0.2) is 27.5 Å². The fourth-order valence-electron chi connectivity index (χ4n) is 1.97. The van der Waals surface area contributed by atoms with Gasteiger partial charge in [-0.3, -0.25) is 4.99 Å². The Kier molecular flexibility index (Phi) is 7.90. The summed E-state index contributed by atoms with van der Waals surface area (Å²) in [4.78, 5) is 4.38. The Labute approximate surface area is 133 Å². The number of benzene rings is 1. The third kappa shape index (κ3) is 7.42. The third-order valence-electron chi connectivity index (χ3n) is 3.27. The maximum absolute atomic E-state index is 11.1. The van der Waals surface area contributed by atoms with Crippen molar-refractivity contribution in [2.24, 2.45) is 15.9 Å². The lowest BCUT2D eigenvalue weighted by molar-refractivity contribution is 0.598. The zero-order valence-electron chi connectivity index (χ0n) is 13.1. The van der Waals surface area contributed by atoms with Crippen LogP contribution in [0.3, 0.4) is 0 Å². The van der Waals surface area contributed by atoms with Gasteiger partial charge in [0.05, 0.1) is 4.90 Å².